The number of halogens is 3. The Morgan fingerprint density at radius 1 is 1.32 bits per heavy atom. The average molecular weight is 270 g/mol. The van der Waals surface area contributed by atoms with E-state index in [0.717, 1.165) is 12.1 Å². The summed E-state index contributed by atoms with van der Waals surface area (Å²) in [5.41, 5.74) is -0.914. The first-order chi connectivity index (χ1) is 8.86. The van der Waals surface area contributed by atoms with Crippen molar-refractivity contribution in [1.82, 2.24) is 15.2 Å². The largest absolute Gasteiger partial charge is 0.416 e. The summed E-state index contributed by atoms with van der Waals surface area (Å²) in [7, 11) is 0. The molecule has 2 rings (SSSR count). The minimum atomic E-state index is -4.42. The SMILES string of the molecule is Cc1n[nH]c(=O)nc1Nc1cccc(C(F)(F)F)c1. The van der Waals surface area contributed by atoms with Gasteiger partial charge in [0, 0.05) is 5.69 Å². The molecule has 2 aromatic rings. The van der Waals surface area contributed by atoms with Crippen LogP contribution in [0.1, 0.15) is 11.3 Å². The van der Waals surface area contributed by atoms with Crippen molar-refractivity contribution in [1.29, 1.82) is 0 Å². The molecule has 0 unspecified atom stereocenters. The van der Waals surface area contributed by atoms with E-state index < -0.39 is 17.4 Å². The molecule has 2 N–H and O–H groups in total. The fourth-order valence-corrected chi connectivity index (χ4v) is 1.42. The summed E-state index contributed by atoms with van der Waals surface area (Å²) in [6, 6.07) is 4.60. The van der Waals surface area contributed by atoms with Crippen LogP contribution in [0.2, 0.25) is 0 Å². The number of hydrogen-bond donors (Lipinski definition) is 2. The predicted molar refractivity (Wildman–Crippen MR) is 62.1 cm³/mol. The summed E-state index contributed by atoms with van der Waals surface area (Å²) in [4.78, 5) is 14.6. The fraction of sp³-hybridized carbons (Fsp3) is 0.182. The number of aromatic nitrogens is 3. The highest BCUT2D eigenvalue weighted by atomic mass is 19.4. The van der Waals surface area contributed by atoms with Crippen LogP contribution in [0, 0.1) is 6.92 Å². The predicted octanol–water partition coefficient (Wildman–Crippen LogP) is 2.24. The summed E-state index contributed by atoms with van der Waals surface area (Å²) < 4.78 is 37.6. The van der Waals surface area contributed by atoms with E-state index in [0.29, 0.717) is 5.69 Å². The first kappa shape index (κ1) is 13.1. The number of aryl methyl sites for hydroxylation is 1. The minimum absolute atomic E-state index is 0.114. The van der Waals surface area contributed by atoms with Gasteiger partial charge < -0.3 is 5.32 Å². The van der Waals surface area contributed by atoms with Gasteiger partial charge >= 0.3 is 11.9 Å². The zero-order chi connectivity index (χ0) is 14.0. The van der Waals surface area contributed by atoms with Crippen LogP contribution in [0.25, 0.3) is 0 Å². The van der Waals surface area contributed by atoms with Gasteiger partial charge in [-0.2, -0.15) is 23.3 Å². The maximum Gasteiger partial charge on any atom is 0.416 e. The molecule has 0 bridgehead atoms. The Kier molecular flexibility index (Phi) is 3.24. The number of benzene rings is 1. The van der Waals surface area contributed by atoms with Gasteiger partial charge in [0.2, 0.25) is 0 Å². The molecule has 0 fully saturated rings. The Morgan fingerprint density at radius 2 is 2.05 bits per heavy atom. The standard InChI is InChI=1S/C11H9F3N4O/c1-6-9(16-10(19)18-17-6)15-8-4-2-3-7(5-8)11(12,13)14/h2-5H,1H3,(H2,15,16,18,19). The molecule has 0 saturated carbocycles. The van der Waals surface area contributed by atoms with Crippen LogP contribution in [0.3, 0.4) is 0 Å². The lowest BCUT2D eigenvalue weighted by molar-refractivity contribution is -0.137. The van der Waals surface area contributed by atoms with E-state index in [1.165, 1.54) is 12.1 Å². The lowest BCUT2D eigenvalue weighted by Gasteiger charge is -2.10. The number of rotatable bonds is 2. The van der Waals surface area contributed by atoms with E-state index in [9.17, 15) is 18.0 Å². The molecule has 1 heterocycles. The third-order valence-corrected chi connectivity index (χ3v) is 2.33. The molecule has 0 spiro atoms. The number of anilines is 2. The van der Waals surface area contributed by atoms with Gasteiger partial charge in [-0.15, -0.1) is 0 Å². The van der Waals surface area contributed by atoms with Crippen molar-refractivity contribution in [2.24, 2.45) is 0 Å². The lowest BCUT2D eigenvalue weighted by Crippen LogP contribution is -2.15. The number of hydrogen-bond acceptors (Lipinski definition) is 4. The minimum Gasteiger partial charge on any atom is -0.338 e. The van der Waals surface area contributed by atoms with Gasteiger partial charge in [-0.3, -0.25) is 0 Å². The number of H-pyrrole nitrogens is 1. The molecule has 1 aromatic heterocycles. The van der Waals surface area contributed by atoms with Crippen LogP contribution in [-0.2, 0) is 6.18 Å². The van der Waals surface area contributed by atoms with Crippen molar-refractivity contribution in [2.45, 2.75) is 13.1 Å². The van der Waals surface area contributed by atoms with Crippen molar-refractivity contribution in [3.05, 3.63) is 46.0 Å². The van der Waals surface area contributed by atoms with Crippen molar-refractivity contribution in [2.75, 3.05) is 5.32 Å². The van der Waals surface area contributed by atoms with Crippen molar-refractivity contribution in [3.63, 3.8) is 0 Å². The van der Waals surface area contributed by atoms with E-state index in [-0.39, 0.29) is 11.5 Å². The fourth-order valence-electron chi connectivity index (χ4n) is 1.42. The van der Waals surface area contributed by atoms with E-state index in [1.54, 1.807) is 6.92 Å². The number of aromatic amines is 1. The zero-order valence-electron chi connectivity index (χ0n) is 9.75. The van der Waals surface area contributed by atoms with Crippen LogP contribution in [0.15, 0.2) is 29.1 Å². The maximum atomic E-state index is 12.5. The van der Waals surface area contributed by atoms with Crippen LogP contribution >= 0.6 is 0 Å². The third kappa shape index (κ3) is 3.09. The van der Waals surface area contributed by atoms with Gasteiger partial charge in [-0.1, -0.05) is 6.07 Å². The number of alkyl halides is 3. The normalized spacial score (nSPS) is 11.4. The van der Waals surface area contributed by atoms with E-state index in [4.69, 9.17) is 0 Å². The Balaban J connectivity index is 2.34. The molecule has 0 saturated heterocycles. The van der Waals surface area contributed by atoms with Crippen LogP contribution in [0.4, 0.5) is 24.7 Å². The molecular weight excluding hydrogens is 261 g/mol. The lowest BCUT2D eigenvalue weighted by atomic mass is 10.2. The molecule has 8 heteroatoms. The van der Waals surface area contributed by atoms with Crippen LogP contribution < -0.4 is 11.0 Å². The van der Waals surface area contributed by atoms with Crippen molar-refractivity contribution >= 4 is 11.5 Å². The average Bonchev–Trinajstić information content (AvgIpc) is 2.33. The zero-order valence-corrected chi connectivity index (χ0v) is 9.75. The Hall–Kier alpha value is -2.38. The van der Waals surface area contributed by atoms with Gasteiger partial charge in [-0.05, 0) is 25.1 Å². The second-order valence-corrected chi connectivity index (χ2v) is 3.78. The molecule has 0 aliphatic carbocycles. The molecular formula is C11H9F3N4O. The van der Waals surface area contributed by atoms with E-state index in [2.05, 4.69) is 20.5 Å². The molecule has 0 amide bonds. The van der Waals surface area contributed by atoms with Gasteiger partial charge in [0.1, 0.15) is 5.69 Å². The molecule has 0 atom stereocenters. The van der Waals surface area contributed by atoms with Crippen LogP contribution in [-0.4, -0.2) is 15.2 Å². The quantitative estimate of drug-likeness (QED) is 0.878. The molecule has 5 nitrogen and oxygen atoms in total. The number of nitrogens with zero attached hydrogens (tertiary/aromatic N) is 2. The molecule has 0 aliphatic heterocycles. The second-order valence-electron chi connectivity index (χ2n) is 3.78. The molecule has 0 aliphatic rings. The highest BCUT2D eigenvalue weighted by Gasteiger charge is 2.30. The summed E-state index contributed by atoms with van der Waals surface area (Å²) in [6.45, 7) is 1.57. The highest BCUT2D eigenvalue weighted by Crippen LogP contribution is 2.31. The van der Waals surface area contributed by atoms with Crippen molar-refractivity contribution < 1.29 is 13.2 Å². The number of nitrogens with one attached hydrogen (secondary N) is 2. The van der Waals surface area contributed by atoms with Gasteiger partial charge in [-0.25, -0.2) is 9.89 Å². The topological polar surface area (TPSA) is 70.7 Å². The molecule has 1 aromatic carbocycles. The van der Waals surface area contributed by atoms with E-state index in [1.807, 2.05) is 0 Å². The van der Waals surface area contributed by atoms with E-state index >= 15 is 0 Å². The monoisotopic (exact) mass is 270 g/mol. The molecule has 0 radical (unpaired) electrons. The summed E-state index contributed by atoms with van der Waals surface area (Å²) in [6.07, 6.45) is -4.42. The smallest absolute Gasteiger partial charge is 0.338 e. The second kappa shape index (κ2) is 4.71. The third-order valence-electron chi connectivity index (χ3n) is 2.33. The first-order valence-electron chi connectivity index (χ1n) is 5.24. The van der Waals surface area contributed by atoms with Gasteiger partial charge in [0.25, 0.3) is 0 Å². The maximum absolute atomic E-state index is 12.5. The summed E-state index contributed by atoms with van der Waals surface area (Å²) >= 11 is 0. The highest BCUT2D eigenvalue weighted by molar-refractivity contribution is 5.58. The molecule has 100 valence electrons. The summed E-state index contributed by atoms with van der Waals surface area (Å²) in [5.74, 6) is 0.114. The summed E-state index contributed by atoms with van der Waals surface area (Å²) in [5, 5.41) is 8.42. The van der Waals surface area contributed by atoms with Crippen molar-refractivity contribution in [3.8, 4) is 0 Å². The first-order valence-corrected chi connectivity index (χ1v) is 5.24. The Morgan fingerprint density at radius 3 is 2.74 bits per heavy atom. The van der Waals surface area contributed by atoms with Gasteiger partial charge in [0.05, 0.1) is 5.56 Å². The van der Waals surface area contributed by atoms with Crippen LogP contribution in [0.5, 0.6) is 0 Å². The van der Waals surface area contributed by atoms with Gasteiger partial charge in [0.15, 0.2) is 5.82 Å². The Labute approximate surface area is 105 Å². The Bertz CT molecular complexity index is 651. The molecule has 19 heavy (non-hydrogen) atoms.